The number of aromatic nitrogens is 1. The molecule has 2 N–H and O–H groups in total. The van der Waals surface area contributed by atoms with E-state index in [1.54, 1.807) is 42.5 Å². The zero-order chi connectivity index (χ0) is 27.2. The van der Waals surface area contributed by atoms with Crippen LogP contribution in [0.1, 0.15) is 48.0 Å². The number of benzene rings is 1. The van der Waals surface area contributed by atoms with Crippen LogP contribution in [-0.4, -0.2) is 79.3 Å². The number of carbonyl (C=O) groups excluding carboxylic acids is 3. The molecule has 0 aliphatic carbocycles. The monoisotopic (exact) mass is 536 g/mol. The van der Waals surface area contributed by atoms with E-state index in [0.29, 0.717) is 62.4 Å². The van der Waals surface area contributed by atoms with Crippen LogP contribution in [0.3, 0.4) is 0 Å². The molecule has 10 heteroatoms. The van der Waals surface area contributed by atoms with Crippen LogP contribution in [-0.2, 0) is 25.5 Å². The molecular formula is C29H36N4O6. The molecule has 0 radical (unpaired) electrons. The third-order valence-corrected chi connectivity index (χ3v) is 7.77. The molecule has 1 aromatic carbocycles. The van der Waals surface area contributed by atoms with Crippen LogP contribution < -0.4 is 15.4 Å². The Labute approximate surface area is 228 Å². The number of nitrogens with zero attached hydrogens (tertiary/aromatic N) is 2. The Balaban J connectivity index is 1.17. The maximum absolute atomic E-state index is 13.5. The highest BCUT2D eigenvalue weighted by Crippen LogP contribution is 2.32. The topological polar surface area (TPSA) is 119 Å². The summed E-state index contributed by atoms with van der Waals surface area (Å²) in [4.78, 5) is 44.4. The number of hydrogen-bond donors (Lipinski definition) is 2. The van der Waals surface area contributed by atoms with Crippen molar-refractivity contribution in [3.63, 3.8) is 0 Å². The van der Waals surface area contributed by atoms with Gasteiger partial charge < -0.3 is 29.7 Å². The summed E-state index contributed by atoms with van der Waals surface area (Å²) in [7, 11) is 1.78. The summed E-state index contributed by atoms with van der Waals surface area (Å²) in [5, 5.41) is 5.92. The molecule has 2 saturated heterocycles. The molecule has 3 atom stereocenters. The van der Waals surface area contributed by atoms with Gasteiger partial charge in [0.2, 0.25) is 11.8 Å². The molecule has 0 bridgehead atoms. The first kappa shape index (κ1) is 27.1. The number of anilines is 1. The molecule has 2 fully saturated rings. The number of ether oxygens (including phenoxy) is 3. The number of amides is 3. The van der Waals surface area contributed by atoms with E-state index >= 15 is 0 Å². The molecule has 3 aliphatic heterocycles. The third-order valence-electron chi connectivity index (χ3n) is 7.77. The van der Waals surface area contributed by atoms with Crippen molar-refractivity contribution in [3.05, 3.63) is 53.9 Å². The second kappa shape index (κ2) is 12.6. The minimum atomic E-state index is -0.344. The molecule has 1 aromatic heterocycles. The highest BCUT2D eigenvalue weighted by molar-refractivity contribution is 6.00. The number of likely N-dealkylation sites (N-methyl/N-ethyl adjacent to an activating group) is 1. The van der Waals surface area contributed by atoms with Crippen molar-refractivity contribution in [2.75, 3.05) is 38.7 Å². The predicted octanol–water partition coefficient (Wildman–Crippen LogP) is 2.58. The Morgan fingerprint density at radius 2 is 1.87 bits per heavy atom. The fourth-order valence-corrected chi connectivity index (χ4v) is 5.48. The highest BCUT2D eigenvalue weighted by Gasteiger charge is 2.39. The van der Waals surface area contributed by atoms with Gasteiger partial charge in [0, 0.05) is 50.8 Å². The maximum Gasteiger partial charge on any atom is 0.257 e. The number of pyridine rings is 1. The Hall–Kier alpha value is -3.50. The number of hydrogen-bond acceptors (Lipinski definition) is 7. The van der Waals surface area contributed by atoms with Crippen molar-refractivity contribution in [2.24, 2.45) is 5.92 Å². The van der Waals surface area contributed by atoms with Crippen molar-refractivity contribution in [2.45, 2.75) is 56.8 Å². The average molecular weight is 537 g/mol. The standard InChI is InChI=1S/C29H36N4O6/c1-33-24-4-3-22(17-27(34)31-13-8-19-6-11-30-12-7-19)39-26(24)18-38-25-5-2-21(16-23(25)29(33)36)32-28(35)20-9-14-37-15-10-20/h2,5-7,11-12,16,20,22,24,26H,3-4,8-10,13-15,17-18H2,1H3,(H,31,34)(H,32,35)/t22-,24+,26+/m0/s1. The summed E-state index contributed by atoms with van der Waals surface area (Å²) in [6.07, 6.45) is 6.68. The summed E-state index contributed by atoms with van der Waals surface area (Å²) in [5.74, 6) is 0.0714. The van der Waals surface area contributed by atoms with Gasteiger partial charge in [-0.05, 0) is 68.0 Å². The quantitative estimate of drug-likeness (QED) is 0.558. The molecule has 208 valence electrons. The summed E-state index contributed by atoms with van der Waals surface area (Å²) in [5.41, 5.74) is 2.11. The van der Waals surface area contributed by atoms with Gasteiger partial charge >= 0.3 is 0 Å². The molecule has 10 nitrogen and oxygen atoms in total. The summed E-state index contributed by atoms with van der Waals surface area (Å²) in [6.45, 7) is 1.99. The molecular weight excluding hydrogens is 500 g/mol. The third kappa shape index (κ3) is 6.75. The van der Waals surface area contributed by atoms with Gasteiger partial charge in [-0.3, -0.25) is 19.4 Å². The van der Waals surface area contributed by atoms with Crippen molar-refractivity contribution in [3.8, 4) is 5.75 Å². The number of rotatable bonds is 7. The molecule has 0 unspecified atom stereocenters. The van der Waals surface area contributed by atoms with E-state index in [2.05, 4.69) is 15.6 Å². The second-order valence-electron chi connectivity index (χ2n) is 10.4. The number of carbonyl (C=O) groups is 3. The van der Waals surface area contributed by atoms with Gasteiger partial charge in [0.1, 0.15) is 18.5 Å². The Kier molecular flexibility index (Phi) is 8.73. The Morgan fingerprint density at radius 1 is 1.08 bits per heavy atom. The largest absolute Gasteiger partial charge is 0.490 e. The van der Waals surface area contributed by atoms with Crippen LogP contribution >= 0.6 is 0 Å². The minimum absolute atomic E-state index is 0.0515. The molecule has 3 amide bonds. The van der Waals surface area contributed by atoms with Crippen LogP contribution in [0.4, 0.5) is 5.69 Å². The zero-order valence-electron chi connectivity index (χ0n) is 22.3. The van der Waals surface area contributed by atoms with E-state index in [-0.39, 0.29) is 54.9 Å². The molecule has 39 heavy (non-hydrogen) atoms. The Bertz CT molecular complexity index is 1170. The molecule has 4 heterocycles. The van der Waals surface area contributed by atoms with Crippen molar-refractivity contribution in [1.29, 1.82) is 0 Å². The van der Waals surface area contributed by atoms with E-state index < -0.39 is 0 Å². The van der Waals surface area contributed by atoms with Crippen LogP contribution in [0.2, 0.25) is 0 Å². The van der Waals surface area contributed by atoms with Crippen molar-refractivity contribution in [1.82, 2.24) is 15.2 Å². The summed E-state index contributed by atoms with van der Waals surface area (Å²) in [6, 6.07) is 8.86. The van der Waals surface area contributed by atoms with Gasteiger partial charge in [0.15, 0.2) is 0 Å². The normalized spacial score (nSPS) is 23.5. The van der Waals surface area contributed by atoms with Gasteiger partial charge in [-0.1, -0.05) is 0 Å². The summed E-state index contributed by atoms with van der Waals surface area (Å²) >= 11 is 0. The lowest BCUT2D eigenvalue weighted by atomic mass is 9.94. The molecule has 0 saturated carbocycles. The Morgan fingerprint density at radius 3 is 2.67 bits per heavy atom. The number of nitrogens with one attached hydrogen (secondary N) is 2. The van der Waals surface area contributed by atoms with Crippen molar-refractivity contribution < 1.29 is 28.6 Å². The molecule has 2 aromatic rings. The van der Waals surface area contributed by atoms with E-state index in [0.717, 1.165) is 12.0 Å². The SMILES string of the molecule is CN1C(=O)c2cc(NC(=O)C3CCOCC3)ccc2OC[C@H]2O[C@H](CC(=O)NCCc3ccncc3)CC[C@H]21. The van der Waals surface area contributed by atoms with Crippen LogP contribution in [0, 0.1) is 5.92 Å². The van der Waals surface area contributed by atoms with Gasteiger partial charge in [0.05, 0.1) is 24.1 Å². The number of fused-ring (bicyclic) bond motifs is 2. The first-order valence-corrected chi connectivity index (χ1v) is 13.7. The lowest BCUT2D eigenvalue weighted by Gasteiger charge is -2.42. The van der Waals surface area contributed by atoms with Crippen molar-refractivity contribution >= 4 is 23.4 Å². The van der Waals surface area contributed by atoms with E-state index in [4.69, 9.17) is 14.2 Å². The first-order chi connectivity index (χ1) is 19.0. The predicted molar refractivity (Wildman–Crippen MR) is 143 cm³/mol. The molecule has 3 aliphatic rings. The fourth-order valence-electron chi connectivity index (χ4n) is 5.48. The lowest BCUT2D eigenvalue weighted by Crippen LogP contribution is -2.54. The van der Waals surface area contributed by atoms with Gasteiger partial charge in [-0.25, -0.2) is 0 Å². The summed E-state index contributed by atoms with van der Waals surface area (Å²) < 4.78 is 17.7. The average Bonchev–Trinajstić information content (AvgIpc) is 2.96. The van der Waals surface area contributed by atoms with E-state index in [1.165, 1.54) is 0 Å². The van der Waals surface area contributed by atoms with Crippen LogP contribution in [0.5, 0.6) is 5.75 Å². The maximum atomic E-state index is 13.5. The zero-order valence-corrected chi connectivity index (χ0v) is 22.3. The van der Waals surface area contributed by atoms with E-state index in [1.807, 2.05) is 12.1 Å². The second-order valence-corrected chi connectivity index (χ2v) is 10.4. The van der Waals surface area contributed by atoms with Gasteiger partial charge in [0.25, 0.3) is 5.91 Å². The van der Waals surface area contributed by atoms with Gasteiger partial charge in [-0.2, -0.15) is 0 Å². The molecule has 0 spiro atoms. The first-order valence-electron chi connectivity index (χ1n) is 13.7. The highest BCUT2D eigenvalue weighted by atomic mass is 16.5. The molecule has 5 rings (SSSR count). The minimum Gasteiger partial charge on any atom is -0.490 e. The smallest absolute Gasteiger partial charge is 0.257 e. The van der Waals surface area contributed by atoms with E-state index in [9.17, 15) is 14.4 Å². The lowest BCUT2D eigenvalue weighted by molar-refractivity contribution is -0.134. The van der Waals surface area contributed by atoms with Crippen LogP contribution in [0.15, 0.2) is 42.7 Å². The van der Waals surface area contributed by atoms with Gasteiger partial charge in [-0.15, -0.1) is 0 Å². The van der Waals surface area contributed by atoms with Crippen LogP contribution in [0.25, 0.3) is 0 Å². The fraction of sp³-hybridized carbons (Fsp3) is 0.517.